The van der Waals surface area contributed by atoms with Gasteiger partial charge in [0, 0.05) is 35.7 Å². The van der Waals surface area contributed by atoms with Gasteiger partial charge in [-0.05, 0) is 23.8 Å². The number of halogens is 6. The molecule has 40 heavy (non-hydrogen) atoms. The van der Waals surface area contributed by atoms with Crippen molar-refractivity contribution in [2.24, 2.45) is 0 Å². The molecule has 2 N–H and O–H groups in total. The normalized spacial score (nSPS) is 12.2. The van der Waals surface area contributed by atoms with Crippen molar-refractivity contribution < 1.29 is 22.0 Å². The third kappa shape index (κ3) is 5.74. The van der Waals surface area contributed by atoms with Crippen molar-refractivity contribution in [1.29, 1.82) is 5.26 Å². The molecule has 4 aromatic heterocycles. The zero-order chi connectivity index (χ0) is 28.4. The van der Waals surface area contributed by atoms with Gasteiger partial charge in [-0.1, -0.05) is 22.9 Å². The van der Waals surface area contributed by atoms with Gasteiger partial charge in [0.15, 0.2) is 5.82 Å². The van der Waals surface area contributed by atoms with Gasteiger partial charge in [-0.15, -0.1) is 5.10 Å². The van der Waals surface area contributed by atoms with Crippen molar-refractivity contribution in [3.8, 4) is 6.07 Å². The lowest BCUT2D eigenvalue weighted by atomic mass is 10.0. The molecule has 0 amide bonds. The summed E-state index contributed by atoms with van der Waals surface area (Å²) >= 11 is 6.53. The first-order valence-electron chi connectivity index (χ1n) is 11.3. The van der Waals surface area contributed by atoms with Gasteiger partial charge in [-0.3, -0.25) is 9.97 Å². The van der Waals surface area contributed by atoms with Crippen LogP contribution in [0.15, 0.2) is 61.3 Å². The van der Waals surface area contributed by atoms with Crippen LogP contribution in [0.25, 0.3) is 10.9 Å². The summed E-state index contributed by atoms with van der Waals surface area (Å²) in [6, 6.07) is 8.55. The van der Waals surface area contributed by atoms with Crippen LogP contribution in [0.4, 0.5) is 39.0 Å². The standard InChI is InChI=1S/C25H15ClF5N9/c26-18-5-15(36-22(13-2-1-3-33-8-13)20-11-40(39-38-20)12-25(29,30)31)4-17-21(14(7-32)9-34-23(17)18)37-16-6-19(27)24(28)35-10-16/h1-6,8-11,22,36H,12H2,(H,34,37). The van der Waals surface area contributed by atoms with Gasteiger partial charge in [-0.25, -0.2) is 14.1 Å². The summed E-state index contributed by atoms with van der Waals surface area (Å²) in [6.45, 7) is -1.32. The maximum Gasteiger partial charge on any atom is 0.408 e. The van der Waals surface area contributed by atoms with Gasteiger partial charge < -0.3 is 10.6 Å². The van der Waals surface area contributed by atoms with E-state index in [0.717, 1.165) is 12.3 Å². The fraction of sp³-hybridized carbons (Fsp3) is 0.120. The Morgan fingerprint density at radius 3 is 2.60 bits per heavy atom. The number of fused-ring (bicyclic) bond motifs is 1. The van der Waals surface area contributed by atoms with E-state index in [0.29, 0.717) is 26.8 Å². The van der Waals surface area contributed by atoms with Crippen LogP contribution in [0.3, 0.4) is 0 Å². The minimum atomic E-state index is -4.49. The summed E-state index contributed by atoms with van der Waals surface area (Å²) in [6.07, 6.45) is 2.05. The SMILES string of the molecule is N#Cc1cnc2c(Cl)cc(NC(c3cccnc3)c3cn(CC(F)(F)F)nn3)cc2c1Nc1cnc(F)c(F)c1. The molecule has 5 rings (SSSR count). The first-order valence-corrected chi connectivity index (χ1v) is 11.7. The number of hydrogen-bond acceptors (Lipinski definition) is 8. The third-order valence-corrected chi connectivity index (χ3v) is 5.92. The lowest BCUT2D eigenvalue weighted by Crippen LogP contribution is -2.18. The summed E-state index contributed by atoms with van der Waals surface area (Å²) in [5, 5.41) is 23.8. The van der Waals surface area contributed by atoms with E-state index < -0.39 is 30.5 Å². The number of nitriles is 1. The van der Waals surface area contributed by atoms with Crippen molar-refractivity contribution >= 4 is 39.6 Å². The van der Waals surface area contributed by atoms with E-state index in [1.807, 2.05) is 6.07 Å². The average molecular weight is 572 g/mol. The predicted octanol–water partition coefficient (Wildman–Crippen LogP) is 5.93. The van der Waals surface area contributed by atoms with Crippen molar-refractivity contribution in [2.75, 3.05) is 10.6 Å². The molecular weight excluding hydrogens is 557 g/mol. The van der Waals surface area contributed by atoms with E-state index in [2.05, 4.69) is 35.9 Å². The van der Waals surface area contributed by atoms with Crippen LogP contribution < -0.4 is 10.6 Å². The predicted molar refractivity (Wildman–Crippen MR) is 135 cm³/mol. The van der Waals surface area contributed by atoms with E-state index in [1.54, 1.807) is 18.2 Å². The molecule has 1 unspecified atom stereocenters. The van der Waals surface area contributed by atoms with Crippen LogP contribution >= 0.6 is 11.6 Å². The summed E-state index contributed by atoms with van der Waals surface area (Å²) in [5.41, 5.74) is 1.73. The lowest BCUT2D eigenvalue weighted by molar-refractivity contribution is -0.142. The minimum Gasteiger partial charge on any atom is -0.373 e. The number of alkyl halides is 3. The minimum absolute atomic E-state index is 0.0619. The molecule has 0 saturated carbocycles. The van der Waals surface area contributed by atoms with Crippen molar-refractivity contribution in [3.05, 3.63) is 94.9 Å². The molecule has 0 radical (unpaired) electrons. The number of nitrogens with zero attached hydrogens (tertiary/aromatic N) is 7. The Morgan fingerprint density at radius 2 is 1.90 bits per heavy atom. The highest BCUT2D eigenvalue weighted by Crippen LogP contribution is 2.36. The van der Waals surface area contributed by atoms with Gasteiger partial charge in [0.1, 0.15) is 18.3 Å². The molecule has 202 valence electrons. The molecule has 0 spiro atoms. The molecule has 0 saturated heterocycles. The maximum absolute atomic E-state index is 13.8. The first-order chi connectivity index (χ1) is 19.1. The molecule has 5 aromatic rings. The number of pyridine rings is 3. The number of rotatable bonds is 7. The second-order valence-electron chi connectivity index (χ2n) is 8.45. The van der Waals surface area contributed by atoms with E-state index >= 15 is 0 Å². The van der Waals surface area contributed by atoms with Crippen molar-refractivity contribution in [2.45, 2.75) is 18.8 Å². The average Bonchev–Trinajstić information content (AvgIpc) is 3.36. The second kappa shape index (κ2) is 10.7. The Morgan fingerprint density at radius 1 is 1.07 bits per heavy atom. The summed E-state index contributed by atoms with van der Waals surface area (Å²) < 4.78 is 66.5. The first kappa shape index (κ1) is 26.7. The molecule has 0 aliphatic heterocycles. The van der Waals surface area contributed by atoms with Crippen LogP contribution in [0.2, 0.25) is 5.02 Å². The summed E-state index contributed by atoms with van der Waals surface area (Å²) in [5.74, 6) is -2.48. The van der Waals surface area contributed by atoms with Crippen LogP contribution in [-0.2, 0) is 6.54 Å². The summed E-state index contributed by atoms with van der Waals surface area (Å²) in [7, 11) is 0. The fourth-order valence-electron chi connectivity index (χ4n) is 3.94. The molecule has 4 heterocycles. The van der Waals surface area contributed by atoms with Gasteiger partial charge in [0.25, 0.3) is 0 Å². The smallest absolute Gasteiger partial charge is 0.373 e. The lowest BCUT2D eigenvalue weighted by Gasteiger charge is -2.19. The van der Waals surface area contributed by atoms with E-state index in [4.69, 9.17) is 11.6 Å². The molecule has 0 fully saturated rings. The van der Waals surface area contributed by atoms with Gasteiger partial charge in [-0.2, -0.15) is 22.8 Å². The van der Waals surface area contributed by atoms with Gasteiger partial charge in [0.05, 0.1) is 45.9 Å². The number of anilines is 3. The van der Waals surface area contributed by atoms with E-state index in [-0.39, 0.29) is 27.7 Å². The number of aromatic nitrogens is 6. The molecule has 1 aromatic carbocycles. The third-order valence-electron chi connectivity index (χ3n) is 5.63. The Kier molecular flexibility index (Phi) is 7.14. The summed E-state index contributed by atoms with van der Waals surface area (Å²) in [4.78, 5) is 11.7. The maximum atomic E-state index is 13.8. The van der Waals surface area contributed by atoms with Crippen LogP contribution in [0, 0.1) is 23.1 Å². The van der Waals surface area contributed by atoms with E-state index in [1.165, 1.54) is 30.9 Å². The molecule has 15 heteroatoms. The van der Waals surface area contributed by atoms with E-state index in [9.17, 15) is 27.2 Å². The highest BCUT2D eigenvalue weighted by atomic mass is 35.5. The Balaban J connectivity index is 1.58. The number of nitrogens with one attached hydrogen (secondary N) is 2. The molecule has 1 atom stereocenters. The molecule has 0 aliphatic rings. The highest BCUT2D eigenvalue weighted by molar-refractivity contribution is 6.36. The Hall–Kier alpha value is -4.90. The monoisotopic (exact) mass is 571 g/mol. The second-order valence-corrected chi connectivity index (χ2v) is 8.86. The number of hydrogen-bond donors (Lipinski definition) is 2. The number of benzene rings is 1. The fourth-order valence-corrected chi connectivity index (χ4v) is 4.21. The Labute approximate surface area is 227 Å². The van der Waals surface area contributed by atoms with Gasteiger partial charge >= 0.3 is 6.18 Å². The molecule has 9 nitrogen and oxygen atoms in total. The zero-order valence-electron chi connectivity index (χ0n) is 20.0. The zero-order valence-corrected chi connectivity index (χ0v) is 20.7. The quantitative estimate of drug-likeness (QED) is 0.182. The van der Waals surface area contributed by atoms with Crippen molar-refractivity contribution in [1.82, 2.24) is 29.9 Å². The molecule has 0 aliphatic carbocycles. The Bertz CT molecular complexity index is 1740. The van der Waals surface area contributed by atoms with Gasteiger partial charge in [0.2, 0.25) is 5.95 Å². The highest BCUT2D eigenvalue weighted by Gasteiger charge is 2.29. The largest absolute Gasteiger partial charge is 0.408 e. The van der Waals surface area contributed by atoms with Crippen LogP contribution in [0.5, 0.6) is 0 Å². The molecule has 0 bridgehead atoms. The molecular formula is C25H15ClF5N9. The topological polar surface area (TPSA) is 117 Å². The van der Waals surface area contributed by atoms with Crippen LogP contribution in [0.1, 0.15) is 22.9 Å². The van der Waals surface area contributed by atoms with Crippen molar-refractivity contribution in [3.63, 3.8) is 0 Å². The van der Waals surface area contributed by atoms with Crippen LogP contribution in [-0.4, -0.2) is 36.1 Å².